The molecule has 10 heteroatoms. The summed E-state index contributed by atoms with van der Waals surface area (Å²) in [4.78, 5) is 22.1. The molecule has 3 aromatic rings. The van der Waals surface area contributed by atoms with Crippen molar-refractivity contribution >= 4 is 11.8 Å². The highest BCUT2D eigenvalue weighted by molar-refractivity contribution is 6.01. The van der Waals surface area contributed by atoms with Crippen molar-refractivity contribution in [3.8, 4) is 5.75 Å². The highest BCUT2D eigenvalue weighted by atomic mass is 16.5. The Morgan fingerprint density at radius 1 is 1.05 bits per heavy atom. The molecular formula is C31H35N5O5. The number of hydrogen-bond donors (Lipinski definition) is 2. The fraction of sp³-hybridized carbons (Fsp3) is 0.355. The highest BCUT2D eigenvalue weighted by Gasteiger charge is 2.53. The topological polar surface area (TPSA) is 138 Å². The van der Waals surface area contributed by atoms with Gasteiger partial charge in [-0.25, -0.2) is 4.99 Å². The van der Waals surface area contributed by atoms with E-state index in [1.54, 1.807) is 7.11 Å². The number of ether oxygens (including phenoxy) is 3. The lowest BCUT2D eigenvalue weighted by Crippen LogP contribution is -2.50. The molecule has 41 heavy (non-hydrogen) atoms. The number of azide groups is 1. The van der Waals surface area contributed by atoms with Gasteiger partial charge in [-0.3, -0.25) is 4.79 Å². The molecule has 214 valence electrons. The summed E-state index contributed by atoms with van der Waals surface area (Å²) in [6, 6.07) is 24.5. The summed E-state index contributed by atoms with van der Waals surface area (Å²) in [5, 5.41) is 15.8. The Hall–Kier alpha value is -4.37. The van der Waals surface area contributed by atoms with Crippen LogP contribution in [-0.4, -0.2) is 55.9 Å². The normalized spacial score (nSPS) is 17.7. The van der Waals surface area contributed by atoms with Crippen LogP contribution in [-0.2, 0) is 27.2 Å². The van der Waals surface area contributed by atoms with Crippen molar-refractivity contribution in [2.45, 2.75) is 37.5 Å². The fourth-order valence-corrected chi connectivity index (χ4v) is 4.76. The number of nitrogens with zero attached hydrogens (tertiary/aromatic N) is 4. The second-order valence-corrected chi connectivity index (χ2v) is 9.64. The number of hydrogen-bond acceptors (Lipinski definition) is 7. The van der Waals surface area contributed by atoms with Crippen LogP contribution >= 0.6 is 0 Å². The number of aliphatic hydroxyl groups excluding tert-OH is 1. The predicted octanol–water partition coefficient (Wildman–Crippen LogP) is 4.91. The second-order valence-electron chi connectivity index (χ2n) is 9.64. The first-order valence-electron chi connectivity index (χ1n) is 13.6. The zero-order chi connectivity index (χ0) is 28.9. The van der Waals surface area contributed by atoms with Gasteiger partial charge in [0, 0.05) is 50.2 Å². The Morgan fingerprint density at radius 3 is 2.49 bits per heavy atom. The molecule has 10 nitrogen and oxygen atoms in total. The number of aliphatic hydroxyl groups is 1. The minimum Gasteiger partial charge on any atom is -0.494 e. The number of carbonyl (C=O) groups excluding carboxylic acids is 1. The smallest absolute Gasteiger partial charge is 0.252 e. The summed E-state index contributed by atoms with van der Waals surface area (Å²) in [5.74, 6) is 0.745. The molecule has 0 radical (unpaired) electrons. The molecular weight excluding hydrogens is 522 g/mol. The monoisotopic (exact) mass is 557 g/mol. The van der Waals surface area contributed by atoms with Crippen molar-refractivity contribution in [2.24, 2.45) is 10.1 Å². The van der Waals surface area contributed by atoms with Gasteiger partial charge in [-0.05, 0) is 52.9 Å². The van der Waals surface area contributed by atoms with Crippen molar-refractivity contribution in [1.82, 2.24) is 5.32 Å². The van der Waals surface area contributed by atoms with E-state index in [1.807, 2.05) is 78.9 Å². The third-order valence-electron chi connectivity index (χ3n) is 6.83. The van der Waals surface area contributed by atoms with Gasteiger partial charge in [0.15, 0.2) is 11.6 Å². The van der Waals surface area contributed by atoms with Gasteiger partial charge < -0.3 is 24.6 Å². The van der Waals surface area contributed by atoms with Gasteiger partial charge in [0.25, 0.3) is 5.91 Å². The van der Waals surface area contributed by atoms with E-state index in [-0.39, 0.29) is 25.5 Å². The number of nitrogens with one attached hydrogen (secondary N) is 1. The lowest BCUT2D eigenvalue weighted by atomic mass is 9.81. The van der Waals surface area contributed by atoms with E-state index in [2.05, 4.69) is 15.3 Å². The van der Waals surface area contributed by atoms with Crippen LogP contribution in [0.25, 0.3) is 10.4 Å². The van der Waals surface area contributed by atoms with Crippen molar-refractivity contribution in [3.63, 3.8) is 0 Å². The molecule has 4 rings (SSSR count). The third-order valence-corrected chi connectivity index (χ3v) is 6.83. The van der Waals surface area contributed by atoms with E-state index in [0.717, 1.165) is 16.7 Å². The molecule has 0 bridgehead atoms. The summed E-state index contributed by atoms with van der Waals surface area (Å²) < 4.78 is 17.4. The molecule has 0 aromatic heterocycles. The molecule has 0 aliphatic carbocycles. The predicted molar refractivity (Wildman–Crippen MR) is 156 cm³/mol. The van der Waals surface area contributed by atoms with Crippen LogP contribution in [0.2, 0.25) is 0 Å². The van der Waals surface area contributed by atoms with Crippen LogP contribution in [0, 0.1) is 0 Å². The van der Waals surface area contributed by atoms with Crippen molar-refractivity contribution in [2.75, 3.05) is 33.5 Å². The maximum absolute atomic E-state index is 14.2. The highest BCUT2D eigenvalue weighted by Crippen LogP contribution is 2.43. The molecule has 3 aromatic carbocycles. The maximum Gasteiger partial charge on any atom is 0.252 e. The largest absolute Gasteiger partial charge is 0.494 e. The lowest BCUT2D eigenvalue weighted by molar-refractivity contribution is -0.129. The summed E-state index contributed by atoms with van der Waals surface area (Å²) in [6.45, 7) is 1.56. The van der Waals surface area contributed by atoms with E-state index in [4.69, 9.17) is 29.8 Å². The van der Waals surface area contributed by atoms with Gasteiger partial charge in [0.1, 0.15) is 5.75 Å². The Morgan fingerprint density at radius 2 is 1.78 bits per heavy atom. The second kappa shape index (κ2) is 14.9. The van der Waals surface area contributed by atoms with Crippen molar-refractivity contribution in [3.05, 3.63) is 112 Å². The van der Waals surface area contributed by atoms with Crippen molar-refractivity contribution in [1.29, 1.82) is 0 Å². The molecule has 2 atom stereocenters. The number of amides is 1. The molecule has 0 spiro atoms. The first-order chi connectivity index (χ1) is 20.1. The van der Waals surface area contributed by atoms with E-state index >= 15 is 0 Å². The number of rotatable bonds is 15. The molecule has 0 unspecified atom stereocenters. The quantitative estimate of drug-likeness (QED) is 0.118. The maximum atomic E-state index is 14.2. The van der Waals surface area contributed by atoms with E-state index in [9.17, 15) is 4.79 Å². The van der Waals surface area contributed by atoms with Gasteiger partial charge in [0.05, 0.1) is 13.2 Å². The molecule has 0 saturated heterocycles. The Bertz CT molecular complexity index is 1360. The van der Waals surface area contributed by atoms with Gasteiger partial charge in [-0.2, -0.15) is 0 Å². The molecule has 2 N–H and O–H groups in total. The summed E-state index contributed by atoms with van der Waals surface area (Å²) >= 11 is 0. The summed E-state index contributed by atoms with van der Waals surface area (Å²) in [6.07, 6.45) is 0.705. The lowest BCUT2D eigenvalue weighted by Gasteiger charge is -2.31. The average Bonchev–Trinajstić information content (AvgIpc) is 3.40. The number of benzene rings is 3. The molecule has 1 amide bonds. The number of aliphatic imine (C=N–C) groups is 1. The van der Waals surface area contributed by atoms with Crippen LogP contribution < -0.4 is 10.1 Å². The standard InChI is InChI=1S/C31H35N5O5/c1-39-19-7-17-33-30(38)31(21-25-11-5-6-12-26(25)22-34-36-32)28(23-9-3-2-4-10-23)41-29(35-31)24-13-15-27(16-14-24)40-20-8-18-37/h2-6,9-16,28,37H,7-8,17-22H2,1H3,(H,33,38)/t28-,31-/m0/s1. The molecule has 1 aliphatic heterocycles. The van der Waals surface area contributed by atoms with Gasteiger partial charge in [0.2, 0.25) is 5.90 Å². The van der Waals surface area contributed by atoms with Gasteiger partial charge in [-0.15, -0.1) is 0 Å². The first-order valence-corrected chi connectivity index (χ1v) is 13.6. The van der Waals surface area contributed by atoms with Crippen LogP contribution in [0.4, 0.5) is 0 Å². The SMILES string of the molecule is COCCCNC(=O)[C@@]1(Cc2ccccc2CN=[N+]=[N-])N=C(c2ccc(OCCCO)cc2)O[C@H]1c1ccccc1. The Kier molecular flexibility index (Phi) is 10.7. The van der Waals surface area contributed by atoms with Crippen LogP contribution in [0.1, 0.15) is 41.2 Å². The van der Waals surface area contributed by atoms with E-state index in [0.29, 0.717) is 49.8 Å². The number of methoxy groups -OCH3 is 1. The number of carbonyl (C=O) groups is 1. The van der Waals surface area contributed by atoms with E-state index in [1.165, 1.54) is 0 Å². The van der Waals surface area contributed by atoms with Gasteiger partial charge >= 0.3 is 0 Å². The molecule has 1 heterocycles. The zero-order valence-corrected chi connectivity index (χ0v) is 23.1. The Labute approximate surface area is 239 Å². The van der Waals surface area contributed by atoms with Crippen LogP contribution in [0.3, 0.4) is 0 Å². The Balaban J connectivity index is 1.77. The first kappa shape index (κ1) is 29.6. The molecule has 0 saturated carbocycles. The van der Waals surface area contributed by atoms with Crippen LogP contribution in [0.15, 0.2) is 89.0 Å². The fourth-order valence-electron chi connectivity index (χ4n) is 4.76. The van der Waals surface area contributed by atoms with E-state index < -0.39 is 11.6 Å². The average molecular weight is 558 g/mol. The summed E-state index contributed by atoms with van der Waals surface area (Å²) in [5.41, 5.74) is 10.8. The molecule has 0 fully saturated rings. The van der Waals surface area contributed by atoms with Crippen molar-refractivity contribution < 1.29 is 24.1 Å². The van der Waals surface area contributed by atoms with Crippen LogP contribution in [0.5, 0.6) is 5.75 Å². The summed E-state index contributed by atoms with van der Waals surface area (Å²) in [7, 11) is 1.62. The third kappa shape index (κ3) is 7.43. The zero-order valence-electron chi connectivity index (χ0n) is 23.1. The minimum atomic E-state index is -1.34. The minimum absolute atomic E-state index is 0.0607. The van der Waals surface area contributed by atoms with Gasteiger partial charge in [-0.1, -0.05) is 59.7 Å². The molecule has 1 aliphatic rings.